The molecule has 0 amide bonds. The van der Waals surface area contributed by atoms with E-state index < -0.39 is 18.1 Å². The van der Waals surface area contributed by atoms with E-state index in [4.69, 9.17) is 19.7 Å². The predicted molar refractivity (Wildman–Crippen MR) is 120 cm³/mol. The van der Waals surface area contributed by atoms with Crippen molar-refractivity contribution < 1.29 is 37.7 Å². The Morgan fingerprint density at radius 3 is 2.33 bits per heavy atom. The summed E-state index contributed by atoms with van der Waals surface area (Å²) in [6.45, 7) is 5.33. The normalized spacial score (nSPS) is 11.2. The van der Waals surface area contributed by atoms with Gasteiger partial charge in [-0.25, -0.2) is 9.78 Å². The molecule has 0 aliphatic rings. The molecule has 3 N–H and O–H groups in total. The minimum absolute atomic E-state index is 0.140. The predicted octanol–water partition coefficient (Wildman–Crippen LogP) is 5.40. The molecule has 0 aliphatic heterocycles. The van der Waals surface area contributed by atoms with Crippen LogP contribution in [0.3, 0.4) is 0 Å². The van der Waals surface area contributed by atoms with Gasteiger partial charge in [0.15, 0.2) is 0 Å². The molecular formula is C22H26BrF3N2O5. The van der Waals surface area contributed by atoms with E-state index >= 15 is 0 Å². The number of carbonyl (C=O) groups is 2. The van der Waals surface area contributed by atoms with Gasteiger partial charge in [-0.1, -0.05) is 41.9 Å². The molecule has 1 aromatic heterocycles. The van der Waals surface area contributed by atoms with Crippen LogP contribution < -0.4 is 10.1 Å². The molecule has 0 fully saturated rings. The van der Waals surface area contributed by atoms with E-state index in [1.54, 1.807) is 6.20 Å². The van der Waals surface area contributed by atoms with Crippen LogP contribution in [0.25, 0.3) is 0 Å². The summed E-state index contributed by atoms with van der Waals surface area (Å²) < 4.78 is 38.5. The lowest BCUT2D eigenvalue weighted by Gasteiger charge is -2.23. The lowest BCUT2D eigenvalue weighted by Crippen LogP contribution is -2.21. The van der Waals surface area contributed by atoms with Gasteiger partial charge in [0, 0.05) is 17.2 Å². The SMILES string of the molecule is CC(C)(CC(=O)O)Cc1ccc(OCCCNc2ccccn2)cc1Br.O=C(O)C(F)(F)F. The minimum Gasteiger partial charge on any atom is -0.493 e. The van der Waals surface area contributed by atoms with Crippen LogP contribution in [-0.2, 0) is 16.0 Å². The number of hydrogen-bond donors (Lipinski definition) is 3. The average Bonchev–Trinajstić information content (AvgIpc) is 2.69. The maximum Gasteiger partial charge on any atom is 0.490 e. The summed E-state index contributed by atoms with van der Waals surface area (Å²) in [5.74, 6) is -1.86. The van der Waals surface area contributed by atoms with Crippen molar-refractivity contribution in [3.8, 4) is 5.75 Å². The second kappa shape index (κ2) is 13.0. The van der Waals surface area contributed by atoms with Crippen LogP contribution in [0.15, 0.2) is 47.1 Å². The van der Waals surface area contributed by atoms with Gasteiger partial charge in [0.25, 0.3) is 0 Å². The molecule has 0 saturated heterocycles. The molecule has 11 heteroatoms. The maximum absolute atomic E-state index is 11.0. The number of alkyl halides is 3. The van der Waals surface area contributed by atoms with Gasteiger partial charge in [-0.15, -0.1) is 0 Å². The quantitative estimate of drug-likeness (QED) is 0.350. The Balaban J connectivity index is 0.000000675. The van der Waals surface area contributed by atoms with E-state index in [0.29, 0.717) is 13.0 Å². The first-order valence-electron chi connectivity index (χ1n) is 9.88. The third kappa shape index (κ3) is 12.1. The van der Waals surface area contributed by atoms with Crippen LogP contribution in [-0.4, -0.2) is 46.5 Å². The Morgan fingerprint density at radius 1 is 1.15 bits per heavy atom. The highest BCUT2D eigenvalue weighted by molar-refractivity contribution is 9.10. The number of nitrogens with one attached hydrogen (secondary N) is 1. The fourth-order valence-corrected chi connectivity index (χ4v) is 3.19. The zero-order valence-corrected chi connectivity index (χ0v) is 19.7. The van der Waals surface area contributed by atoms with E-state index in [1.807, 2.05) is 50.2 Å². The molecule has 0 aliphatic carbocycles. The van der Waals surface area contributed by atoms with E-state index in [-0.39, 0.29) is 11.8 Å². The van der Waals surface area contributed by atoms with Crippen molar-refractivity contribution in [1.82, 2.24) is 4.98 Å². The summed E-state index contributed by atoms with van der Waals surface area (Å²) >= 11 is 3.57. The summed E-state index contributed by atoms with van der Waals surface area (Å²) in [5.41, 5.74) is 0.786. The first kappa shape index (κ1) is 28.2. The number of pyridine rings is 1. The van der Waals surface area contributed by atoms with Gasteiger partial charge in [0.1, 0.15) is 11.6 Å². The number of halogens is 4. The Kier molecular flexibility index (Phi) is 11.1. The fraction of sp³-hybridized carbons (Fsp3) is 0.409. The van der Waals surface area contributed by atoms with Crippen molar-refractivity contribution in [1.29, 1.82) is 0 Å². The van der Waals surface area contributed by atoms with Gasteiger partial charge < -0.3 is 20.3 Å². The van der Waals surface area contributed by atoms with E-state index in [0.717, 1.165) is 34.6 Å². The van der Waals surface area contributed by atoms with Crippen molar-refractivity contribution >= 4 is 33.7 Å². The summed E-state index contributed by atoms with van der Waals surface area (Å²) in [6, 6.07) is 11.6. The van der Waals surface area contributed by atoms with Crippen LogP contribution >= 0.6 is 15.9 Å². The first-order valence-corrected chi connectivity index (χ1v) is 10.7. The molecule has 182 valence electrons. The van der Waals surface area contributed by atoms with E-state index in [9.17, 15) is 18.0 Å². The number of anilines is 1. The number of hydrogen-bond acceptors (Lipinski definition) is 5. The monoisotopic (exact) mass is 534 g/mol. The molecule has 0 saturated carbocycles. The first-order chi connectivity index (χ1) is 15.3. The molecule has 0 bridgehead atoms. The standard InChI is InChI=1S/C20H25BrN2O3.C2HF3O2/c1-20(2,14-19(24)25)13-15-7-8-16(12-17(15)21)26-11-5-10-23-18-6-3-4-9-22-18;3-2(4,5)1(6)7/h3-4,6-9,12H,5,10-11,13-14H2,1-2H3,(H,22,23)(H,24,25);(H,6,7). The third-order valence-electron chi connectivity index (χ3n) is 4.13. The lowest BCUT2D eigenvalue weighted by molar-refractivity contribution is -0.192. The molecule has 0 spiro atoms. The molecule has 7 nitrogen and oxygen atoms in total. The van der Waals surface area contributed by atoms with Crippen LogP contribution in [0, 0.1) is 5.41 Å². The van der Waals surface area contributed by atoms with Gasteiger partial charge in [-0.05, 0) is 48.1 Å². The maximum atomic E-state index is 11.0. The summed E-state index contributed by atoms with van der Waals surface area (Å²) in [7, 11) is 0. The number of ether oxygens (including phenoxy) is 1. The van der Waals surface area contributed by atoms with Crippen molar-refractivity contribution in [2.75, 3.05) is 18.5 Å². The second-order valence-electron chi connectivity index (χ2n) is 7.81. The van der Waals surface area contributed by atoms with Crippen LogP contribution in [0.1, 0.15) is 32.3 Å². The summed E-state index contributed by atoms with van der Waals surface area (Å²) in [5, 5.41) is 19.4. The number of nitrogens with zero attached hydrogens (tertiary/aromatic N) is 1. The lowest BCUT2D eigenvalue weighted by atomic mass is 9.83. The Labute approximate surface area is 198 Å². The van der Waals surface area contributed by atoms with Crippen LogP contribution in [0.4, 0.5) is 19.0 Å². The molecular weight excluding hydrogens is 509 g/mol. The summed E-state index contributed by atoms with van der Waals surface area (Å²) in [6.07, 6.45) is -1.63. The highest BCUT2D eigenvalue weighted by Crippen LogP contribution is 2.31. The molecule has 2 rings (SSSR count). The average molecular weight is 535 g/mol. The van der Waals surface area contributed by atoms with Gasteiger partial charge >= 0.3 is 18.1 Å². The van der Waals surface area contributed by atoms with Crippen molar-refractivity contribution in [2.45, 2.75) is 39.3 Å². The van der Waals surface area contributed by atoms with Gasteiger partial charge in [-0.3, -0.25) is 4.79 Å². The number of benzene rings is 1. The van der Waals surface area contributed by atoms with Crippen molar-refractivity contribution in [2.24, 2.45) is 5.41 Å². The third-order valence-corrected chi connectivity index (χ3v) is 4.86. The fourth-order valence-electron chi connectivity index (χ4n) is 2.69. The second-order valence-corrected chi connectivity index (χ2v) is 8.67. The van der Waals surface area contributed by atoms with E-state index in [1.165, 1.54) is 0 Å². The molecule has 1 aromatic carbocycles. The molecule has 0 unspecified atom stereocenters. The highest BCUT2D eigenvalue weighted by Gasteiger charge is 2.38. The Morgan fingerprint density at radius 2 is 1.82 bits per heavy atom. The van der Waals surface area contributed by atoms with Crippen molar-refractivity contribution in [3.63, 3.8) is 0 Å². The van der Waals surface area contributed by atoms with Crippen LogP contribution in [0.5, 0.6) is 5.75 Å². The topological polar surface area (TPSA) is 109 Å². The zero-order chi connectivity index (χ0) is 25.1. The Bertz CT molecular complexity index is 909. The summed E-state index contributed by atoms with van der Waals surface area (Å²) in [4.78, 5) is 24.1. The number of carboxylic acids is 2. The number of carboxylic acid groups (broad SMARTS) is 2. The largest absolute Gasteiger partial charge is 0.493 e. The highest BCUT2D eigenvalue weighted by atomic mass is 79.9. The number of aromatic nitrogens is 1. The minimum atomic E-state index is -5.08. The molecule has 0 atom stereocenters. The van der Waals surface area contributed by atoms with Gasteiger partial charge in [-0.2, -0.15) is 13.2 Å². The van der Waals surface area contributed by atoms with Gasteiger partial charge in [0.2, 0.25) is 0 Å². The molecule has 1 heterocycles. The Hall–Kier alpha value is -2.82. The smallest absolute Gasteiger partial charge is 0.490 e. The van der Waals surface area contributed by atoms with E-state index in [2.05, 4.69) is 26.2 Å². The zero-order valence-electron chi connectivity index (χ0n) is 18.2. The van der Waals surface area contributed by atoms with Gasteiger partial charge in [0.05, 0.1) is 13.0 Å². The number of rotatable bonds is 10. The molecule has 33 heavy (non-hydrogen) atoms. The van der Waals surface area contributed by atoms with Crippen molar-refractivity contribution in [3.05, 3.63) is 52.6 Å². The van der Waals surface area contributed by atoms with Crippen LogP contribution in [0.2, 0.25) is 0 Å². The molecule has 0 radical (unpaired) electrons. The molecule has 2 aromatic rings. The number of aliphatic carboxylic acids is 2.